The first-order valence-electron chi connectivity index (χ1n) is 6.74. The maximum atomic E-state index is 12.5. The first kappa shape index (κ1) is 14.8. The summed E-state index contributed by atoms with van der Waals surface area (Å²) in [4.78, 5) is 24.6. The van der Waals surface area contributed by atoms with Crippen molar-refractivity contribution in [1.82, 2.24) is 9.78 Å². The van der Waals surface area contributed by atoms with Crippen molar-refractivity contribution in [3.05, 3.63) is 48.3 Å². The highest BCUT2D eigenvalue weighted by molar-refractivity contribution is 6.04. The average Bonchev–Trinajstić information content (AvgIpc) is 2.96. The van der Waals surface area contributed by atoms with Gasteiger partial charge < -0.3 is 10.0 Å². The molecule has 0 saturated carbocycles. The molecule has 0 unspecified atom stereocenters. The number of carboxylic acid groups (broad SMARTS) is 1. The Morgan fingerprint density at radius 2 is 1.95 bits per heavy atom. The Bertz CT molecular complexity index is 622. The molecule has 2 aromatic rings. The third-order valence-corrected chi connectivity index (χ3v) is 3.04. The predicted octanol–water partition coefficient (Wildman–Crippen LogP) is 2.02. The zero-order valence-electron chi connectivity index (χ0n) is 11.8. The second kappa shape index (κ2) is 6.69. The number of carbonyl (C=O) groups excluding carboxylic acids is 1. The number of hydrogen-bond donors (Lipinski definition) is 1. The molecule has 0 radical (unpaired) electrons. The molecule has 0 bridgehead atoms. The van der Waals surface area contributed by atoms with Crippen LogP contribution in [0.4, 0.5) is 5.69 Å². The maximum Gasteiger partial charge on any atom is 0.305 e. The van der Waals surface area contributed by atoms with E-state index in [0.29, 0.717) is 12.2 Å². The minimum absolute atomic E-state index is 0.0223. The fraction of sp³-hybridized carbons (Fsp3) is 0.267. The number of anilines is 1. The lowest BCUT2D eigenvalue weighted by Gasteiger charge is -2.19. The zero-order chi connectivity index (χ0) is 15.2. The molecule has 0 aliphatic carbocycles. The number of rotatable bonds is 6. The van der Waals surface area contributed by atoms with Crippen LogP contribution in [0, 0.1) is 0 Å². The van der Waals surface area contributed by atoms with E-state index in [0.717, 1.165) is 5.69 Å². The summed E-state index contributed by atoms with van der Waals surface area (Å²) < 4.78 is 1.47. The number of aromatic nitrogens is 2. The van der Waals surface area contributed by atoms with Gasteiger partial charge in [0.2, 0.25) is 0 Å². The van der Waals surface area contributed by atoms with E-state index in [1.807, 2.05) is 37.3 Å². The monoisotopic (exact) mass is 287 g/mol. The van der Waals surface area contributed by atoms with E-state index in [4.69, 9.17) is 5.11 Å². The Balaban J connectivity index is 2.13. The normalized spacial score (nSPS) is 10.3. The summed E-state index contributed by atoms with van der Waals surface area (Å²) in [5.74, 6) is -1.09. The van der Waals surface area contributed by atoms with E-state index in [9.17, 15) is 9.59 Å². The molecule has 1 aromatic carbocycles. The number of aliphatic carboxylic acids is 1. The van der Waals surface area contributed by atoms with Gasteiger partial charge in [-0.05, 0) is 25.1 Å². The van der Waals surface area contributed by atoms with Gasteiger partial charge in [0, 0.05) is 18.4 Å². The van der Waals surface area contributed by atoms with Gasteiger partial charge in [0.05, 0.1) is 13.0 Å². The van der Waals surface area contributed by atoms with E-state index >= 15 is 0 Å². The van der Waals surface area contributed by atoms with Gasteiger partial charge in [-0.15, -0.1) is 0 Å². The van der Waals surface area contributed by atoms with Gasteiger partial charge in [0.1, 0.15) is 0 Å². The molecule has 1 N–H and O–H groups in total. The molecular weight excluding hydrogens is 270 g/mol. The van der Waals surface area contributed by atoms with Crippen LogP contribution in [-0.2, 0) is 11.3 Å². The van der Waals surface area contributed by atoms with Crippen molar-refractivity contribution in [3.63, 3.8) is 0 Å². The van der Waals surface area contributed by atoms with Crippen LogP contribution in [0.2, 0.25) is 0 Å². The van der Waals surface area contributed by atoms with Crippen molar-refractivity contribution < 1.29 is 14.7 Å². The predicted molar refractivity (Wildman–Crippen MR) is 78.3 cm³/mol. The summed E-state index contributed by atoms with van der Waals surface area (Å²) in [7, 11) is 0. The molecule has 0 fully saturated rings. The van der Waals surface area contributed by atoms with Crippen molar-refractivity contribution in [2.45, 2.75) is 19.9 Å². The van der Waals surface area contributed by atoms with Crippen LogP contribution in [-0.4, -0.2) is 33.3 Å². The quantitative estimate of drug-likeness (QED) is 0.882. The van der Waals surface area contributed by atoms with Gasteiger partial charge in [-0.1, -0.05) is 18.2 Å². The minimum Gasteiger partial charge on any atom is -0.481 e. The summed E-state index contributed by atoms with van der Waals surface area (Å²) >= 11 is 0. The Hall–Kier alpha value is -2.63. The number of para-hydroxylation sites is 1. The van der Waals surface area contributed by atoms with Crippen LogP contribution in [0.25, 0.3) is 0 Å². The first-order chi connectivity index (χ1) is 10.1. The molecule has 1 amide bonds. The molecule has 21 heavy (non-hydrogen) atoms. The minimum atomic E-state index is -0.891. The van der Waals surface area contributed by atoms with Gasteiger partial charge >= 0.3 is 5.97 Å². The molecule has 1 heterocycles. The highest BCUT2D eigenvalue weighted by Gasteiger charge is 2.18. The highest BCUT2D eigenvalue weighted by atomic mass is 16.4. The molecule has 6 heteroatoms. The van der Waals surface area contributed by atoms with Gasteiger partial charge in [-0.2, -0.15) is 5.10 Å². The molecule has 0 aliphatic heterocycles. The molecule has 1 aromatic heterocycles. The van der Waals surface area contributed by atoms with E-state index < -0.39 is 5.97 Å². The van der Waals surface area contributed by atoms with E-state index in [2.05, 4.69) is 5.10 Å². The molecule has 6 nitrogen and oxygen atoms in total. The highest BCUT2D eigenvalue weighted by Crippen LogP contribution is 2.15. The van der Waals surface area contributed by atoms with E-state index in [-0.39, 0.29) is 18.9 Å². The molecule has 0 saturated heterocycles. The number of carboxylic acids is 1. The van der Waals surface area contributed by atoms with Gasteiger partial charge in [-0.25, -0.2) is 0 Å². The summed E-state index contributed by atoms with van der Waals surface area (Å²) in [6.07, 6.45) is 1.60. The van der Waals surface area contributed by atoms with Crippen LogP contribution >= 0.6 is 0 Å². The number of benzene rings is 1. The lowest BCUT2D eigenvalue weighted by molar-refractivity contribution is -0.137. The Morgan fingerprint density at radius 3 is 2.57 bits per heavy atom. The summed E-state index contributed by atoms with van der Waals surface area (Å²) in [5.41, 5.74) is 1.12. The summed E-state index contributed by atoms with van der Waals surface area (Å²) in [5, 5.41) is 12.8. The number of amides is 1. The standard InChI is InChI=1S/C15H17N3O3/c1-2-18(12-6-4-3-5-7-12)15(21)13-8-10-17(16-13)11-9-14(19)20/h3-8,10H,2,9,11H2,1H3,(H,19,20). The van der Waals surface area contributed by atoms with Crippen LogP contribution in [0.3, 0.4) is 0 Å². The number of aryl methyl sites for hydroxylation is 1. The third-order valence-electron chi connectivity index (χ3n) is 3.04. The average molecular weight is 287 g/mol. The molecule has 2 rings (SSSR count). The van der Waals surface area contributed by atoms with E-state index in [1.165, 1.54) is 4.68 Å². The van der Waals surface area contributed by atoms with E-state index in [1.54, 1.807) is 17.2 Å². The van der Waals surface area contributed by atoms with Crippen molar-refractivity contribution >= 4 is 17.6 Å². The second-order valence-electron chi connectivity index (χ2n) is 4.49. The van der Waals surface area contributed by atoms with Gasteiger partial charge in [0.15, 0.2) is 5.69 Å². The summed E-state index contributed by atoms with van der Waals surface area (Å²) in [6, 6.07) is 11.0. The molecule has 0 atom stereocenters. The molecule has 0 aliphatic rings. The molecule has 0 spiro atoms. The number of nitrogens with zero attached hydrogens (tertiary/aromatic N) is 3. The summed E-state index contributed by atoms with van der Waals surface area (Å²) in [6.45, 7) is 2.68. The van der Waals surface area contributed by atoms with Crippen molar-refractivity contribution in [1.29, 1.82) is 0 Å². The Labute approximate surface area is 122 Å². The van der Waals surface area contributed by atoms with Crippen LogP contribution in [0.5, 0.6) is 0 Å². The molecule has 110 valence electrons. The fourth-order valence-corrected chi connectivity index (χ4v) is 2.00. The first-order valence-corrected chi connectivity index (χ1v) is 6.74. The largest absolute Gasteiger partial charge is 0.481 e. The van der Waals surface area contributed by atoms with Crippen LogP contribution in [0.15, 0.2) is 42.6 Å². The number of carbonyl (C=O) groups is 2. The maximum absolute atomic E-state index is 12.5. The van der Waals surface area contributed by atoms with Gasteiger partial charge in [0.25, 0.3) is 5.91 Å². The van der Waals surface area contributed by atoms with Crippen LogP contribution < -0.4 is 4.90 Å². The Morgan fingerprint density at radius 1 is 1.24 bits per heavy atom. The van der Waals surface area contributed by atoms with Gasteiger partial charge in [-0.3, -0.25) is 14.3 Å². The van der Waals surface area contributed by atoms with Crippen molar-refractivity contribution in [3.8, 4) is 0 Å². The molecular formula is C15H17N3O3. The lowest BCUT2D eigenvalue weighted by atomic mass is 10.2. The lowest BCUT2D eigenvalue weighted by Crippen LogP contribution is -2.31. The zero-order valence-corrected chi connectivity index (χ0v) is 11.8. The third kappa shape index (κ3) is 3.68. The second-order valence-corrected chi connectivity index (χ2v) is 4.49. The smallest absolute Gasteiger partial charge is 0.305 e. The fourth-order valence-electron chi connectivity index (χ4n) is 2.00. The van der Waals surface area contributed by atoms with Crippen molar-refractivity contribution in [2.24, 2.45) is 0 Å². The topological polar surface area (TPSA) is 75.4 Å². The Kier molecular flexibility index (Phi) is 4.71. The SMILES string of the molecule is CCN(C(=O)c1ccn(CCC(=O)O)n1)c1ccccc1. The van der Waals surface area contributed by atoms with Crippen molar-refractivity contribution in [2.75, 3.05) is 11.4 Å². The van der Waals surface area contributed by atoms with Crippen LogP contribution in [0.1, 0.15) is 23.8 Å². The number of hydrogen-bond acceptors (Lipinski definition) is 3.